The van der Waals surface area contributed by atoms with Gasteiger partial charge < -0.3 is 4.42 Å². The second kappa shape index (κ2) is 6.13. The van der Waals surface area contributed by atoms with Gasteiger partial charge in [-0.25, -0.2) is 8.42 Å². The van der Waals surface area contributed by atoms with E-state index in [-0.39, 0.29) is 5.41 Å². The van der Waals surface area contributed by atoms with Gasteiger partial charge in [-0.05, 0) is 53.8 Å². The maximum atomic E-state index is 12.5. The van der Waals surface area contributed by atoms with Crippen molar-refractivity contribution in [3.05, 3.63) is 47.0 Å². The first-order valence-corrected chi connectivity index (χ1v) is 11.2. The number of anilines is 1. The average Bonchev–Trinajstić information content (AvgIpc) is 3.21. The highest BCUT2D eigenvalue weighted by Crippen LogP contribution is 2.41. The fourth-order valence-corrected chi connectivity index (χ4v) is 5.75. The third-order valence-electron chi connectivity index (χ3n) is 5.28. The van der Waals surface area contributed by atoms with Crippen LogP contribution < -0.4 is 4.72 Å². The first-order chi connectivity index (χ1) is 12.2. The smallest absolute Gasteiger partial charge is 0.271 e. The van der Waals surface area contributed by atoms with Gasteiger partial charge in [-0.2, -0.15) is 0 Å². The van der Waals surface area contributed by atoms with Gasteiger partial charge in [0.05, 0.1) is 0 Å². The first-order valence-electron chi connectivity index (χ1n) is 8.85. The summed E-state index contributed by atoms with van der Waals surface area (Å²) in [6.45, 7) is 6.85. The minimum absolute atomic E-state index is 0.250. The Kier molecular flexibility index (Phi) is 4.15. The van der Waals surface area contributed by atoms with Crippen molar-refractivity contribution in [1.82, 2.24) is 0 Å². The number of benzene rings is 1. The van der Waals surface area contributed by atoms with Crippen LogP contribution in [-0.2, 0) is 22.9 Å². The number of hydrogen-bond donors (Lipinski definition) is 1. The molecule has 0 bridgehead atoms. The monoisotopic (exact) mass is 389 g/mol. The van der Waals surface area contributed by atoms with Gasteiger partial charge >= 0.3 is 0 Å². The number of thiophene rings is 1. The predicted octanol–water partition coefficient (Wildman–Crippen LogP) is 5.45. The maximum absolute atomic E-state index is 12.5. The van der Waals surface area contributed by atoms with Crippen LogP contribution in [0.15, 0.2) is 44.3 Å². The summed E-state index contributed by atoms with van der Waals surface area (Å²) >= 11 is 1.21. The minimum atomic E-state index is -3.54. The van der Waals surface area contributed by atoms with Crippen LogP contribution in [0, 0.1) is 11.3 Å². The summed E-state index contributed by atoms with van der Waals surface area (Å²) in [4.78, 5) is 0. The molecule has 0 fully saturated rings. The number of fused-ring (bicyclic) bond motifs is 3. The van der Waals surface area contributed by atoms with E-state index >= 15 is 0 Å². The molecule has 26 heavy (non-hydrogen) atoms. The fourth-order valence-electron chi connectivity index (χ4n) is 3.70. The number of rotatable bonds is 3. The Morgan fingerprint density at radius 3 is 2.73 bits per heavy atom. The molecule has 0 spiro atoms. The zero-order valence-corrected chi connectivity index (χ0v) is 16.8. The summed E-state index contributed by atoms with van der Waals surface area (Å²) in [5, 5.41) is 2.79. The van der Waals surface area contributed by atoms with Crippen LogP contribution in [0.2, 0.25) is 0 Å². The molecule has 1 N–H and O–H groups in total. The lowest BCUT2D eigenvalue weighted by atomic mass is 9.71. The largest absolute Gasteiger partial charge is 0.461 e. The summed E-state index contributed by atoms with van der Waals surface area (Å²) in [7, 11) is -3.54. The van der Waals surface area contributed by atoms with Crippen molar-refractivity contribution in [2.45, 2.75) is 44.2 Å². The van der Waals surface area contributed by atoms with Gasteiger partial charge in [0.15, 0.2) is 0 Å². The Balaban J connectivity index is 1.70. The lowest BCUT2D eigenvalue weighted by Crippen LogP contribution is -2.26. The number of furan rings is 1. The molecule has 1 aromatic carbocycles. The van der Waals surface area contributed by atoms with Gasteiger partial charge in [0.1, 0.15) is 15.6 Å². The molecule has 2 aromatic heterocycles. The molecule has 4 nitrogen and oxygen atoms in total. The van der Waals surface area contributed by atoms with Gasteiger partial charge in [0.25, 0.3) is 10.0 Å². The normalized spacial score (nSPS) is 18.0. The second-order valence-electron chi connectivity index (χ2n) is 8.06. The molecule has 2 heterocycles. The van der Waals surface area contributed by atoms with Gasteiger partial charge in [0.2, 0.25) is 0 Å². The van der Waals surface area contributed by atoms with Crippen molar-refractivity contribution in [2.24, 2.45) is 11.3 Å². The summed E-state index contributed by atoms with van der Waals surface area (Å²) in [6.07, 6.45) is 3.06. The summed E-state index contributed by atoms with van der Waals surface area (Å²) in [5.41, 5.74) is 2.90. The van der Waals surface area contributed by atoms with Crippen LogP contribution in [0.4, 0.5) is 5.69 Å². The molecule has 3 aromatic rings. The van der Waals surface area contributed by atoms with E-state index in [1.807, 2.05) is 12.1 Å². The van der Waals surface area contributed by atoms with Crippen molar-refractivity contribution in [3.63, 3.8) is 0 Å². The molecule has 0 aliphatic heterocycles. The predicted molar refractivity (Wildman–Crippen MR) is 106 cm³/mol. The molecule has 0 radical (unpaired) electrons. The zero-order chi connectivity index (χ0) is 18.5. The van der Waals surface area contributed by atoms with Crippen LogP contribution in [0.25, 0.3) is 11.0 Å². The van der Waals surface area contributed by atoms with E-state index in [0.717, 1.165) is 36.0 Å². The molecule has 1 aliphatic carbocycles. The lowest BCUT2D eigenvalue weighted by molar-refractivity contribution is 0.210. The summed E-state index contributed by atoms with van der Waals surface area (Å²) < 4.78 is 34.0. The molecule has 138 valence electrons. The van der Waals surface area contributed by atoms with Crippen LogP contribution >= 0.6 is 11.3 Å². The SMILES string of the molecule is CC(C)(C)C1CCc2oc3ccc(NS(=O)(=O)c4cccs4)cc3c2C1. The van der Waals surface area contributed by atoms with Crippen LogP contribution in [0.3, 0.4) is 0 Å². The first kappa shape index (κ1) is 17.6. The van der Waals surface area contributed by atoms with Crippen molar-refractivity contribution in [3.8, 4) is 0 Å². The topological polar surface area (TPSA) is 59.3 Å². The third-order valence-corrected chi connectivity index (χ3v) is 8.06. The van der Waals surface area contributed by atoms with Crippen molar-refractivity contribution in [1.29, 1.82) is 0 Å². The van der Waals surface area contributed by atoms with Crippen molar-refractivity contribution in [2.75, 3.05) is 4.72 Å². The summed E-state index contributed by atoms with van der Waals surface area (Å²) in [6, 6.07) is 8.89. The molecule has 0 saturated carbocycles. The van der Waals surface area contributed by atoms with E-state index in [4.69, 9.17) is 4.42 Å². The number of sulfonamides is 1. The summed E-state index contributed by atoms with van der Waals surface area (Å²) in [5.74, 6) is 1.65. The molecular formula is C20H23NO3S2. The standard InChI is InChI=1S/C20H23NO3S2/c1-20(2,3)13-6-8-17-15(11-13)16-12-14(7-9-18(16)24-17)21-26(22,23)19-5-4-10-25-19/h4-5,7,9-10,12-13,21H,6,8,11H2,1-3H3. The molecule has 1 aliphatic rings. The Hall–Kier alpha value is -1.79. The lowest BCUT2D eigenvalue weighted by Gasteiger charge is -2.33. The highest BCUT2D eigenvalue weighted by molar-refractivity contribution is 7.94. The highest BCUT2D eigenvalue weighted by atomic mass is 32.2. The van der Waals surface area contributed by atoms with E-state index in [9.17, 15) is 8.42 Å². The number of hydrogen-bond acceptors (Lipinski definition) is 4. The van der Waals surface area contributed by atoms with Crippen LogP contribution in [0.5, 0.6) is 0 Å². The molecule has 4 rings (SSSR count). The highest BCUT2D eigenvalue weighted by Gasteiger charge is 2.31. The van der Waals surface area contributed by atoms with E-state index in [2.05, 4.69) is 25.5 Å². The van der Waals surface area contributed by atoms with Crippen LogP contribution in [0.1, 0.15) is 38.5 Å². The van der Waals surface area contributed by atoms with Gasteiger partial charge in [-0.3, -0.25) is 4.72 Å². The van der Waals surface area contributed by atoms with Crippen molar-refractivity contribution < 1.29 is 12.8 Å². The number of nitrogens with one attached hydrogen (secondary N) is 1. The van der Waals surface area contributed by atoms with Gasteiger partial charge in [-0.15, -0.1) is 11.3 Å². The van der Waals surface area contributed by atoms with E-state index < -0.39 is 10.0 Å². The third kappa shape index (κ3) is 3.16. The van der Waals surface area contributed by atoms with Crippen LogP contribution in [-0.4, -0.2) is 8.42 Å². The molecule has 1 unspecified atom stereocenters. The Morgan fingerprint density at radius 2 is 2.04 bits per heavy atom. The van der Waals surface area contributed by atoms with E-state index in [1.54, 1.807) is 23.6 Å². The van der Waals surface area contributed by atoms with Crippen molar-refractivity contribution >= 4 is 38.0 Å². The quantitative estimate of drug-likeness (QED) is 0.648. The minimum Gasteiger partial charge on any atom is -0.461 e. The van der Waals surface area contributed by atoms with E-state index in [0.29, 0.717) is 15.8 Å². The van der Waals surface area contributed by atoms with E-state index in [1.165, 1.54) is 16.9 Å². The van der Waals surface area contributed by atoms with Gasteiger partial charge in [0, 0.05) is 23.1 Å². The molecule has 1 atom stereocenters. The average molecular weight is 390 g/mol. The Labute approximate surface area is 158 Å². The molecule has 0 saturated heterocycles. The molecule has 6 heteroatoms. The Bertz CT molecular complexity index is 1040. The Morgan fingerprint density at radius 1 is 1.23 bits per heavy atom. The van der Waals surface area contributed by atoms with Gasteiger partial charge in [-0.1, -0.05) is 26.8 Å². The molecule has 0 amide bonds. The zero-order valence-electron chi connectivity index (χ0n) is 15.2. The number of aryl methyl sites for hydroxylation is 1. The fraction of sp³-hybridized carbons (Fsp3) is 0.400. The molecular weight excluding hydrogens is 366 g/mol. The second-order valence-corrected chi connectivity index (χ2v) is 10.9. The maximum Gasteiger partial charge on any atom is 0.271 e.